The molecule has 124 valence electrons. The lowest BCUT2D eigenvalue weighted by molar-refractivity contribution is 0.580. The standard InChI is InChI=1S/C19H22N4S/c20-17-11-13(9-10-22-17)12-23-16-8-4-7-15(18(16)19(21)24)14-5-2-1-3-6-14/h1-3,5-6,9-11,15,23H,4,7-8,12H2,(H2,20,22)(H2,21,24). The van der Waals surface area contributed by atoms with E-state index in [1.54, 1.807) is 6.20 Å². The van der Waals surface area contributed by atoms with Gasteiger partial charge in [-0.05, 0) is 42.5 Å². The summed E-state index contributed by atoms with van der Waals surface area (Å²) >= 11 is 5.37. The Hall–Kier alpha value is -2.40. The molecule has 0 bridgehead atoms. The predicted molar refractivity (Wildman–Crippen MR) is 102 cm³/mol. The van der Waals surface area contributed by atoms with Gasteiger partial charge >= 0.3 is 0 Å². The van der Waals surface area contributed by atoms with Crippen LogP contribution in [0.5, 0.6) is 0 Å². The van der Waals surface area contributed by atoms with Gasteiger partial charge in [-0.3, -0.25) is 0 Å². The second kappa shape index (κ2) is 7.45. The van der Waals surface area contributed by atoms with Crippen LogP contribution in [0.1, 0.15) is 36.3 Å². The summed E-state index contributed by atoms with van der Waals surface area (Å²) in [7, 11) is 0. The number of nitrogens with two attached hydrogens (primary N) is 2. The SMILES string of the molecule is NC(=S)C1=C(NCc2ccnc(N)c2)CCCC1c1ccccc1. The molecule has 1 aromatic heterocycles. The van der Waals surface area contributed by atoms with E-state index >= 15 is 0 Å². The topological polar surface area (TPSA) is 77.0 Å². The van der Waals surface area contributed by atoms with Crippen molar-refractivity contribution in [2.75, 3.05) is 5.73 Å². The van der Waals surface area contributed by atoms with Crippen LogP contribution in [0.3, 0.4) is 0 Å². The molecule has 1 aromatic carbocycles. The number of benzene rings is 1. The maximum absolute atomic E-state index is 6.08. The maximum Gasteiger partial charge on any atom is 0.123 e. The average Bonchev–Trinajstić information content (AvgIpc) is 2.60. The van der Waals surface area contributed by atoms with Crippen LogP contribution in [-0.2, 0) is 6.54 Å². The van der Waals surface area contributed by atoms with Crippen LogP contribution >= 0.6 is 12.2 Å². The maximum atomic E-state index is 6.08. The largest absolute Gasteiger partial charge is 0.390 e. The third-order valence-corrected chi connectivity index (χ3v) is 4.63. The lowest BCUT2D eigenvalue weighted by Gasteiger charge is -2.29. The van der Waals surface area contributed by atoms with Crippen molar-refractivity contribution in [1.82, 2.24) is 10.3 Å². The molecule has 24 heavy (non-hydrogen) atoms. The Balaban J connectivity index is 1.86. The van der Waals surface area contributed by atoms with Gasteiger partial charge in [0.05, 0.1) is 0 Å². The van der Waals surface area contributed by atoms with Gasteiger partial charge in [0.1, 0.15) is 10.8 Å². The number of pyridine rings is 1. The highest BCUT2D eigenvalue weighted by Crippen LogP contribution is 2.37. The van der Waals surface area contributed by atoms with Crippen molar-refractivity contribution in [3.63, 3.8) is 0 Å². The van der Waals surface area contributed by atoms with Gasteiger partial charge in [-0.25, -0.2) is 4.98 Å². The van der Waals surface area contributed by atoms with Crippen molar-refractivity contribution in [2.45, 2.75) is 31.7 Å². The number of aromatic nitrogens is 1. The summed E-state index contributed by atoms with van der Waals surface area (Å²) < 4.78 is 0. The minimum atomic E-state index is 0.266. The fourth-order valence-electron chi connectivity index (χ4n) is 3.31. The Kier molecular flexibility index (Phi) is 5.11. The van der Waals surface area contributed by atoms with E-state index in [0.29, 0.717) is 17.4 Å². The van der Waals surface area contributed by atoms with E-state index in [2.05, 4.69) is 34.6 Å². The fraction of sp³-hybridized carbons (Fsp3) is 0.263. The van der Waals surface area contributed by atoms with Crippen LogP contribution in [0.15, 0.2) is 59.9 Å². The van der Waals surface area contributed by atoms with Crippen molar-refractivity contribution in [3.05, 3.63) is 71.1 Å². The molecule has 1 atom stereocenters. The second-order valence-corrected chi connectivity index (χ2v) is 6.49. The zero-order valence-electron chi connectivity index (χ0n) is 13.5. The molecular weight excluding hydrogens is 316 g/mol. The first-order valence-corrected chi connectivity index (χ1v) is 8.58. The molecule has 5 heteroatoms. The number of nitrogens with one attached hydrogen (secondary N) is 1. The summed E-state index contributed by atoms with van der Waals surface area (Å²) in [6.45, 7) is 0.690. The van der Waals surface area contributed by atoms with Gasteiger partial charge in [0.2, 0.25) is 0 Å². The van der Waals surface area contributed by atoms with Crippen molar-refractivity contribution in [3.8, 4) is 0 Å². The van der Waals surface area contributed by atoms with E-state index < -0.39 is 0 Å². The summed E-state index contributed by atoms with van der Waals surface area (Å²) in [6, 6.07) is 14.3. The molecule has 0 saturated carbocycles. The third kappa shape index (κ3) is 3.74. The molecule has 0 aliphatic heterocycles. The zero-order chi connectivity index (χ0) is 16.9. The van der Waals surface area contributed by atoms with Crippen molar-refractivity contribution < 1.29 is 0 Å². The van der Waals surface area contributed by atoms with Crippen LogP contribution in [0.4, 0.5) is 5.82 Å². The molecule has 0 saturated heterocycles. The van der Waals surface area contributed by atoms with E-state index in [1.807, 2.05) is 18.2 Å². The number of hydrogen-bond acceptors (Lipinski definition) is 4. The molecule has 2 aromatic rings. The number of hydrogen-bond donors (Lipinski definition) is 3. The summed E-state index contributed by atoms with van der Waals surface area (Å²) in [6.07, 6.45) is 4.88. The molecular formula is C19H22N4S. The quantitative estimate of drug-likeness (QED) is 0.730. The molecule has 1 aliphatic rings. The molecule has 0 spiro atoms. The first-order chi connectivity index (χ1) is 11.6. The highest BCUT2D eigenvalue weighted by molar-refractivity contribution is 7.80. The highest BCUT2D eigenvalue weighted by atomic mass is 32.1. The molecule has 0 fully saturated rings. The van der Waals surface area contributed by atoms with Gasteiger partial charge in [-0.1, -0.05) is 42.5 Å². The Morgan fingerprint density at radius 2 is 2.04 bits per heavy atom. The number of nitrogen functional groups attached to an aromatic ring is 1. The second-order valence-electron chi connectivity index (χ2n) is 6.05. The van der Waals surface area contributed by atoms with E-state index in [9.17, 15) is 0 Å². The summed E-state index contributed by atoms with van der Waals surface area (Å²) in [5.74, 6) is 0.797. The molecule has 5 N–H and O–H groups in total. The minimum absolute atomic E-state index is 0.266. The highest BCUT2D eigenvalue weighted by Gasteiger charge is 2.26. The number of rotatable bonds is 5. The molecule has 4 nitrogen and oxygen atoms in total. The molecule has 0 amide bonds. The Morgan fingerprint density at radius 1 is 1.25 bits per heavy atom. The summed E-state index contributed by atoms with van der Waals surface area (Å²) in [5, 5.41) is 3.53. The Morgan fingerprint density at radius 3 is 2.75 bits per heavy atom. The zero-order valence-corrected chi connectivity index (χ0v) is 14.4. The normalized spacial score (nSPS) is 17.6. The van der Waals surface area contributed by atoms with Crippen LogP contribution in [0.25, 0.3) is 0 Å². The molecule has 1 aliphatic carbocycles. The van der Waals surface area contributed by atoms with Crippen molar-refractivity contribution in [1.29, 1.82) is 0 Å². The lowest BCUT2D eigenvalue weighted by Crippen LogP contribution is -2.28. The number of nitrogens with zero attached hydrogens (tertiary/aromatic N) is 1. The fourth-order valence-corrected chi connectivity index (χ4v) is 3.57. The Labute approximate surface area is 148 Å². The molecule has 1 unspecified atom stereocenters. The van der Waals surface area contributed by atoms with Gasteiger partial charge < -0.3 is 16.8 Å². The van der Waals surface area contributed by atoms with E-state index in [-0.39, 0.29) is 5.92 Å². The van der Waals surface area contributed by atoms with E-state index in [4.69, 9.17) is 23.7 Å². The van der Waals surface area contributed by atoms with Crippen LogP contribution in [0, 0.1) is 0 Å². The van der Waals surface area contributed by atoms with Gasteiger partial charge in [-0.2, -0.15) is 0 Å². The molecule has 3 rings (SSSR count). The molecule has 0 radical (unpaired) electrons. The average molecular weight is 338 g/mol. The smallest absolute Gasteiger partial charge is 0.123 e. The van der Waals surface area contributed by atoms with Crippen LogP contribution in [0.2, 0.25) is 0 Å². The predicted octanol–water partition coefficient (Wildman–Crippen LogP) is 3.26. The lowest BCUT2D eigenvalue weighted by atomic mass is 9.80. The van der Waals surface area contributed by atoms with Crippen LogP contribution in [-0.4, -0.2) is 9.97 Å². The Bertz CT molecular complexity index is 755. The third-order valence-electron chi connectivity index (χ3n) is 4.41. The number of thiocarbonyl (C=S) groups is 1. The van der Waals surface area contributed by atoms with Crippen molar-refractivity contribution >= 4 is 23.0 Å². The number of anilines is 1. The van der Waals surface area contributed by atoms with Crippen molar-refractivity contribution in [2.24, 2.45) is 5.73 Å². The van der Waals surface area contributed by atoms with Gasteiger partial charge in [0, 0.05) is 29.9 Å². The first-order valence-electron chi connectivity index (χ1n) is 8.17. The molecule has 1 heterocycles. The summed E-state index contributed by atoms with van der Waals surface area (Å²) in [5.41, 5.74) is 16.4. The van der Waals surface area contributed by atoms with Gasteiger partial charge in [0.25, 0.3) is 0 Å². The van der Waals surface area contributed by atoms with Gasteiger partial charge in [-0.15, -0.1) is 0 Å². The first kappa shape index (κ1) is 16.5. The van der Waals surface area contributed by atoms with Crippen LogP contribution < -0.4 is 16.8 Å². The van der Waals surface area contributed by atoms with Gasteiger partial charge in [0.15, 0.2) is 0 Å². The van der Waals surface area contributed by atoms with E-state index in [0.717, 1.165) is 36.1 Å². The number of allylic oxidation sites excluding steroid dienone is 1. The summed E-state index contributed by atoms with van der Waals surface area (Å²) in [4.78, 5) is 4.51. The monoisotopic (exact) mass is 338 g/mol. The van der Waals surface area contributed by atoms with E-state index in [1.165, 1.54) is 5.56 Å². The minimum Gasteiger partial charge on any atom is -0.390 e.